The Hall–Kier alpha value is -3.26. The summed E-state index contributed by atoms with van der Waals surface area (Å²) in [6.07, 6.45) is 5.34. The molecule has 3 amide bonds. The number of benzene rings is 1. The van der Waals surface area contributed by atoms with E-state index in [0.29, 0.717) is 11.1 Å². The smallest absolute Gasteiger partial charge is 0.264 e. The SMILES string of the molecule is Cc1ccc(C(=O)N2CCN(C(=O)c3cccnc3)C2C(=O)NC2CCC(N)CC2)cc1. The molecule has 1 saturated heterocycles. The highest BCUT2D eigenvalue weighted by Crippen LogP contribution is 2.23. The van der Waals surface area contributed by atoms with Gasteiger partial charge in [-0.25, -0.2) is 0 Å². The summed E-state index contributed by atoms with van der Waals surface area (Å²) >= 11 is 0. The summed E-state index contributed by atoms with van der Waals surface area (Å²) in [6.45, 7) is 2.51. The first-order chi connectivity index (χ1) is 15.4. The molecule has 168 valence electrons. The van der Waals surface area contributed by atoms with Crippen LogP contribution in [-0.2, 0) is 4.79 Å². The van der Waals surface area contributed by atoms with Gasteiger partial charge in [0.15, 0.2) is 6.17 Å². The van der Waals surface area contributed by atoms with Crippen molar-refractivity contribution in [2.24, 2.45) is 5.73 Å². The number of amides is 3. The van der Waals surface area contributed by atoms with E-state index in [1.807, 2.05) is 19.1 Å². The lowest BCUT2D eigenvalue weighted by Gasteiger charge is -2.32. The molecule has 3 N–H and O–H groups in total. The summed E-state index contributed by atoms with van der Waals surface area (Å²) in [7, 11) is 0. The lowest BCUT2D eigenvalue weighted by atomic mass is 9.92. The van der Waals surface area contributed by atoms with Gasteiger partial charge in [0.1, 0.15) is 0 Å². The molecule has 1 aliphatic carbocycles. The summed E-state index contributed by atoms with van der Waals surface area (Å²) in [6, 6.07) is 10.7. The van der Waals surface area contributed by atoms with Gasteiger partial charge in [-0.05, 0) is 56.9 Å². The van der Waals surface area contributed by atoms with E-state index in [9.17, 15) is 14.4 Å². The monoisotopic (exact) mass is 435 g/mol. The largest absolute Gasteiger partial charge is 0.350 e. The van der Waals surface area contributed by atoms with E-state index in [2.05, 4.69) is 10.3 Å². The predicted octanol–water partition coefficient (Wildman–Crippen LogP) is 1.70. The molecule has 8 nitrogen and oxygen atoms in total. The van der Waals surface area contributed by atoms with E-state index in [-0.39, 0.29) is 42.9 Å². The van der Waals surface area contributed by atoms with Crippen LogP contribution in [0.3, 0.4) is 0 Å². The summed E-state index contributed by atoms with van der Waals surface area (Å²) < 4.78 is 0. The minimum Gasteiger partial charge on any atom is -0.350 e. The molecular weight excluding hydrogens is 406 g/mol. The van der Waals surface area contributed by atoms with Crippen molar-refractivity contribution in [2.45, 2.75) is 50.9 Å². The molecule has 32 heavy (non-hydrogen) atoms. The van der Waals surface area contributed by atoms with Crippen LogP contribution in [0.4, 0.5) is 0 Å². The van der Waals surface area contributed by atoms with Crippen LogP contribution in [0.25, 0.3) is 0 Å². The zero-order valence-electron chi connectivity index (χ0n) is 18.2. The number of aryl methyl sites for hydroxylation is 1. The quantitative estimate of drug-likeness (QED) is 0.760. The molecule has 1 aromatic carbocycles. The Kier molecular flexibility index (Phi) is 6.50. The first-order valence-electron chi connectivity index (χ1n) is 11.1. The zero-order chi connectivity index (χ0) is 22.7. The topological polar surface area (TPSA) is 109 Å². The maximum absolute atomic E-state index is 13.4. The highest BCUT2D eigenvalue weighted by Gasteiger charge is 2.43. The van der Waals surface area contributed by atoms with Crippen LogP contribution in [0.5, 0.6) is 0 Å². The molecule has 2 heterocycles. The van der Waals surface area contributed by atoms with Crippen molar-refractivity contribution in [3.05, 3.63) is 65.5 Å². The van der Waals surface area contributed by atoms with Crippen LogP contribution in [0.2, 0.25) is 0 Å². The molecule has 1 saturated carbocycles. The second-order valence-electron chi connectivity index (χ2n) is 8.60. The second-order valence-corrected chi connectivity index (χ2v) is 8.60. The molecule has 4 rings (SSSR count). The average Bonchev–Trinajstić information content (AvgIpc) is 3.26. The summed E-state index contributed by atoms with van der Waals surface area (Å²) in [4.78, 5) is 46.9. The Morgan fingerprint density at radius 3 is 2.16 bits per heavy atom. The Morgan fingerprint density at radius 2 is 1.56 bits per heavy atom. The number of aromatic nitrogens is 1. The van der Waals surface area contributed by atoms with Crippen molar-refractivity contribution in [1.82, 2.24) is 20.1 Å². The van der Waals surface area contributed by atoms with Crippen LogP contribution < -0.4 is 11.1 Å². The van der Waals surface area contributed by atoms with Crippen molar-refractivity contribution in [3.63, 3.8) is 0 Å². The molecule has 1 atom stereocenters. The van der Waals surface area contributed by atoms with Crippen LogP contribution >= 0.6 is 0 Å². The number of hydrogen-bond acceptors (Lipinski definition) is 5. The third-order valence-electron chi connectivity index (χ3n) is 6.25. The van der Waals surface area contributed by atoms with Gasteiger partial charge < -0.3 is 20.9 Å². The van der Waals surface area contributed by atoms with Crippen molar-refractivity contribution >= 4 is 17.7 Å². The molecule has 0 radical (unpaired) electrons. The summed E-state index contributed by atoms with van der Waals surface area (Å²) in [5.74, 6) is -0.916. The molecule has 1 aromatic heterocycles. The molecule has 2 aromatic rings. The van der Waals surface area contributed by atoms with Crippen LogP contribution in [-0.4, -0.2) is 63.8 Å². The second kappa shape index (κ2) is 9.48. The fourth-order valence-corrected chi connectivity index (χ4v) is 4.39. The molecule has 1 unspecified atom stereocenters. The number of nitrogens with two attached hydrogens (primary N) is 1. The van der Waals surface area contributed by atoms with Gasteiger partial charge in [0, 0.05) is 43.1 Å². The van der Waals surface area contributed by atoms with Gasteiger partial charge in [-0.15, -0.1) is 0 Å². The van der Waals surface area contributed by atoms with E-state index in [1.165, 1.54) is 16.0 Å². The Balaban J connectivity index is 1.58. The Bertz CT molecular complexity index is 971. The third kappa shape index (κ3) is 4.65. The first kappa shape index (κ1) is 22.0. The summed E-state index contributed by atoms with van der Waals surface area (Å²) in [5, 5.41) is 3.07. The van der Waals surface area contributed by atoms with E-state index in [4.69, 9.17) is 5.73 Å². The van der Waals surface area contributed by atoms with Gasteiger partial charge in [0.05, 0.1) is 5.56 Å². The number of rotatable bonds is 4. The molecule has 8 heteroatoms. The summed E-state index contributed by atoms with van der Waals surface area (Å²) in [5.41, 5.74) is 7.91. The highest BCUT2D eigenvalue weighted by molar-refractivity contribution is 6.02. The molecule has 2 fully saturated rings. The molecule has 1 aliphatic heterocycles. The Morgan fingerprint density at radius 1 is 0.938 bits per heavy atom. The van der Waals surface area contributed by atoms with E-state index < -0.39 is 6.17 Å². The van der Waals surface area contributed by atoms with Gasteiger partial charge in [-0.2, -0.15) is 0 Å². The van der Waals surface area contributed by atoms with Crippen LogP contribution in [0.1, 0.15) is 52.0 Å². The molecular formula is C24H29N5O3. The lowest BCUT2D eigenvalue weighted by Crippen LogP contribution is -2.56. The third-order valence-corrected chi connectivity index (χ3v) is 6.25. The van der Waals surface area contributed by atoms with E-state index in [1.54, 1.807) is 30.5 Å². The van der Waals surface area contributed by atoms with E-state index >= 15 is 0 Å². The molecule has 0 spiro atoms. The first-order valence-corrected chi connectivity index (χ1v) is 11.1. The van der Waals surface area contributed by atoms with E-state index in [0.717, 1.165) is 31.2 Å². The number of hydrogen-bond donors (Lipinski definition) is 2. The van der Waals surface area contributed by atoms with Gasteiger partial charge in [-0.1, -0.05) is 17.7 Å². The van der Waals surface area contributed by atoms with Crippen LogP contribution in [0, 0.1) is 6.92 Å². The van der Waals surface area contributed by atoms with Crippen molar-refractivity contribution in [2.75, 3.05) is 13.1 Å². The normalized spacial score (nSPS) is 23.1. The van der Waals surface area contributed by atoms with Gasteiger partial charge in [-0.3, -0.25) is 19.4 Å². The zero-order valence-corrected chi connectivity index (χ0v) is 18.2. The van der Waals surface area contributed by atoms with Crippen molar-refractivity contribution < 1.29 is 14.4 Å². The minimum atomic E-state index is -1.01. The number of carbonyl (C=O) groups is 3. The standard InChI is InChI=1S/C24H29N5O3/c1-16-4-6-17(7-5-16)23(31)28-13-14-29(24(32)18-3-2-12-26-15-18)22(28)21(30)27-20-10-8-19(25)9-11-20/h2-7,12,15,19-20,22H,8-11,13-14,25H2,1H3,(H,27,30). The van der Waals surface area contributed by atoms with Gasteiger partial charge in [0.25, 0.3) is 17.7 Å². The highest BCUT2D eigenvalue weighted by atomic mass is 16.2. The van der Waals surface area contributed by atoms with Gasteiger partial charge in [0.2, 0.25) is 0 Å². The lowest BCUT2D eigenvalue weighted by molar-refractivity contribution is -0.129. The average molecular weight is 436 g/mol. The fourth-order valence-electron chi connectivity index (χ4n) is 4.39. The van der Waals surface area contributed by atoms with Crippen molar-refractivity contribution in [1.29, 1.82) is 0 Å². The molecule has 2 aliphatic rings. The molecule has 0 bridgehead atoms. The van der Waals surface area contributed by atoms with Gasteiger partial charge >= 0.3 is 0 Å². The minimum absolute atomic E-state index is 0.00503. The number of nitrogens with one attached hydrogen (secondary N) is 1. The Labute approximate surface area is 187 Å². The maximum Gasteiger partial charge on any atom is 0.264 e. The number of pyridine rings is 1. The van der Waals surface area contributed by atoms with Crippen LogP contribution in [0.15, 0.2) is 48.8 Å². The van der Waals surface area contributed by atoms with Crippen molar-refractivity contribution in [3.8, 4) is 0 Å². The predicted molar refractivity (Wildman–Crippen MR) is 120 cm³/mol. The maximum atomic E-state index is 13.4. The fraction of sp³-hybridized carbons (Fsp3) is 0.417. The number of nitrogens with zero attached hydrogens (tertiary/aromatic N) is 3. The number of carbonyl (C=O) groups excluding carboxylic acids is 3.